The van der Waals surface area contributed by atoms with E-state index in [1.807, 2.05) is 0 Å². The molecule has 32 heavy (non-hydrogen) atoms. The largest absolute Gasteiger partial charge is 0.418 e. The van der Waals surface area contributed by atoms with Gasteiger partial charge in [0, 0.05) is 15.3 Å². The zero-order valence-electron chi connectivity index (χ0n) is 15.9. The molecule has 3 heterocycles. The molecule has 5 nitrogen and oxygen atoms in total. The Morgan fingerprint density at radius 2 is 1.66 bits per heavy atom. The maximum Gasteiger partial charge on any atom is 0.418 e. The summed E-state index contributed by atoms with van der Waals surface area (Å²) in [6.07, 6.45) is -4.73. The lowest BCUT2D eigenvalue weighted by atomic mass is 9.83. The predicted octanol–water partition coefficient (Wildman–Crippen LogP) is 5.01. The number of rotatable bonds is 2. The minimum atomic E-state index is -4.73. The average Bonchev–Trinajstić information content (AvgIpc) is 3.23. The Labute approximate surface area is 195 Å². The summed E-state index contributed by atoms with van der Waals surface area (Å²) in [6, 6.07) is 11.7. The molecule has 2 aliphatic rings. The van der Waals surface area contributed by atoms with Gasteiger partial charge < -0.3 is 4.98 Å². The van der Waals surface area contributed by atoms with Gasteiger partial charge in [-0.15, -0.1) is 0 Å². The molecule has 5 rings (SSSR count). The minimum Gasteiger partial charge on any atom is -0.307 e. The number of thioether (sulfide) groups is 1. The van der Waals surface area contributed by atoms with Crippen molar-refractivity contribution in [2.75, 3.05) is 4.90 Å². The number of anilines is 1. The maximum atomic E-state index is 13.6. The Balaban J connectivity index is 1.66. The van der Waals surface area contributed by atoms with Crippen molar-refractivity contribution in [2.24, 2.45) is 5.92 Å². The van der Waals surface area contributed by atoms with Crippen LogP contribution in [-0.4, -0.2) is 22.0 Å². The van der Waals surface area contributed by atoms with Crippen molar-refractivity contribution in [2.45, 2.75) is 22.4 Å². The number of carbonyl (C=O) groups is 2. The number of thiazole rings is 1. The second kappa shape index (κ2) is 7.60. The van der Waals surface area contributed by atoms with Crippen molar-refractivity contribution in [1.29, 1.82) is 0 Å². The number of hydrogen-bond acceptors (Lipinski definition) is 5. The molecule has 2 amide bonds. The Kier molecular flexibility index (Phi) is 5.10. The van der Waals surface area contributed by atoms with Crippen molar-refractivity contribution >= 4 is 56.5 Å². The normalized spacial score (nSPS) is 22.8. The number of para-hydroxylation sites is 1. The highest BCUT2D eigenvalue weighted by Crippen LogP contribution is 2.53. The van der Waals surface area contributed by atoms with Gasteiger partial charge in [-0.2, -0.15) is 13.2 Å². The average molecular weight is 541 g/mol. The summed E-state index contributed by atoms with van der Waals surface area (Å²) in [5.41, 5.74) is -0.822. The fourth-order valence-corrected chi connectivity index (χ4v) is 6.97. The summed E-state index contributed by atoms with van der Waals surface area (Å²) in [5, 5.41) is -0.475. The molecule has 0 aliphatic carbocycles. The standard InChI is InChI=1S/C21H12BrF3N2O3S2/c22-10-7-5-9(6-8-10)13-14-16(31-17-15(13)32-20(30)26-17)19(29)27(18(14)28)12-4-2-1-3-11(12)21(23,24)25/h1-8,13-14,16H,(H,26,30)/t13-,14?,16?/m1/s1. The second-order valence-corrected chi connectivity index (χ2v) is 10.4. The first-order valence-electron chi connectivity index (χ1n) is 9.36. The van der Waals surface area contributed by atoms with Gasteiger partial charge in [0.25, 0.3) is 0 Å². The number of benzene rings is 2. The van der Waals surface area contributed by atoms with Crippen LogP contribution in [0.4, 0.5) is 18.9 Å². The number of fused-ring (bicyclic) bond motifs is 2. The van der Waals surface area contributed by atoms with E-state index in [1.54, 1.807) is 24.3 Å². The summed E-state index contributed by atoms with van der Waals surface area (Å²) in [4.78, 5) is 42.5. The number of alkyl halides is 3. The van der Waals surface area contributed by atoms with Gasteiger partial charge in [-0.05, 0) is 29.8 Å². The Morgan fingerprint density at radius 3 is 2.34 bits per heavy atom. The van der Waals surface area contributed by atoms with Crippen LogP contribution in [0.15, 0.2) is 62.8 Å². The molecule has 0 radical (unpaired) electrons. The van der Waals surface area contributed by atoms with E-state index in [4.69, 9.17) is 0 Å². The molecular weight excluding hydrogens is 529 g/mol. The van der Waals surface area contributed by atoms with Crippen molar-refractivity contribution in [3.05, 3.63) is 78.7 Å². The van der Waals surface area contributed by atoms with Crippen molar-refractivity contribution < 1.29 is 22.8 Å². The van der Waals surface area contributed by atoms with Crippen LogP contribution in [-0.2, 0) is 15.8 Å². The van der Waals surface area contributed by atoms with Gasteiger partial charge in [-0.3, -0.25) is 14.4 Å². The summed E-state index contributed by atoms with van der Waals surface area (Å²) in [7, 11) is 0. The number of halogens is 4. The number of aromatic amines is 1. The lowest BCUT2D eigenvalue weighted by Crippen LogP contribution is -2.33. The molecule has 164 valence electrons. The molecule has 3 aromatic rings. The number of hydrogen-bond donors (Lipinski definition) is 1. The smallest absolute Gasteiger partial charge is 0.307 e. The maximum absolute atomic E-state index is 13.6. The van der Waals surface area contributed by atoms with Crippen molar-refractivity contribution in [3.8, 4) is 0 Å². The Bertz CT molecular complexity index is 1300. The van der Waals surface area contributed by atoms with E-state index in [9.17, 15) is 27.6 Å². The van der Waals surface area contributed by atoms with Gasteiger partial charge >= 0.3 is 11.0 Å². The molecule has 1 fully saturated rings. The molecule has 1 aromatic heterocycles. The topological polar surface area (TPSA) is 70.2 Å². The van der Waals surface area contributed by atoms with Crippen molar-refractivity contribution in [3.63, 3.8) is 0 Å². The fraction of sp³-hybridized carbons (Fsp3) is 0.190. The first-order chi connectivity index (χ1) is 15.2. The van der Waals surface area contributed by atoms with E-state index in [1.165, 1.54) is 12.1 Å². The quantitative estimate of drug-likeness (QED) is 0.463. The number of H-pyrrole nitrogens is 1. The van der Waals surface area contributed by atoms with Crippen LogP contribution in [0.5, 0.6) is 0 Å². The van der Waals surface area contributed by atoms with E-state index in [0.29, 0.717) is 20.4 Å². The van der Waals surface area contributed by atoms with Crippen LogP contribution in [0, 0.1) is 5.92 Å². The number of nitrogens with zero attached hydrogens (tertiary/aromatic N) is 1. The number of amides is 2. The number of nitrogens with one attached hydrogen (secondary N) is 1. The second-order valence-electron chi connectivity index (χ2n) is 7.33. The Morgan fingerprint density at radius 1 is 0.969 bits per heavy atom. The van der Waals surface area contributed by atoms with Crippen LogP contribution in [0.25, 0.3) is 0 Å². The van der Waals surface area contributed by atoms with Crippen molar-refractivity contribution in [1.82, 2.24) is 4.98 Å². The molecule has 1 saturated heterocycles. The van der Waals surface area contributed by atoms with Gasteiger partial charge in [0.05, 0.1) is 22.2 Å². The minimum absolute atomic E-state index is 0.316. The predicted molar refractivity (Wildman–Crippen MR) is 118 cm³/mol. The highest BCUT2D eigenvalue weighted by Gasteiger charge is 2.57. The first-order valence-corrected chi connectivity index (χ1v) is 11.8. The monoisotopic (exact) mass is 540 g/mol. The SMILES string of the molecule is O=C1C2Sc3[nH]c(=O)sc3[C@H](c3ccc(Br)cc3)C2C(=O)N1c1ccccc1C(F)(F)F. The number of aromatic nitrogens is 1. The van der Waals surface area contributed by atoms with Gasteiger partial charge in [-0.25, -0.2) is 4.90 Å². The molecule has 2 unspecified atom stereocenters. The zero-order valence-corrected chi connectivity index (χ0v) is 19.1. The molecule has 2 aromatic carbocycles. The van der Waals surface area contributed by atoms with Crippen LogP contribution in [0.1, 0.15) is 21.9 Å². The van der Waals surface area contributed by atoms with Crippen LogP contribution in [0.2, 0.25) is 0 Å². The highest BCUT2D eigenvalue weighted by atomic mass is 79.9. The molecule has 0 saturated carbocycles. The third kappa shape index (κ3) is 3.34. The van der Waals surface area contributed by atoms with Gasteiger partial charge in [-0.1, -0.05) is 63.3 Å². The summed E-state index contributed by atoms with van der Waals surface area (Å²) < 4.78 is 41.7. The molecule has 1 N–H and O–H groups in total. The van der Waals surface area contributed by atoms with Gasteiger partial charge in [0.2, 0.25) is 11.8 Å². The number of imide groups is 1. The van der Waals surface area contributed by atoms with E-state index in [-0.39, 0.29) is 4.87 Å². The summed E-state index contributed by atoms with van der Waals surface area (Å²) in [6.45, 7) is 0. The van der Waals surface area contributed by atoms with Crippen LogP contribution in [0.3, 0.4) is 0 Å². The third-order valence-corrected chi connectivity index (χ3v) is 8.43. The molecule has 11 heteroatoms. The molecule has 0 spiro atoms. The fourth-order valence-electron chi connectivity index (χ4n) is 4.19. The van der Waals surface area contributed by atoms with E-state index in [2.05, 4.69) is 20.9 Å². The molecule has 2 aliphatic heterocycles. The molecule has 3 atom stereocenters. The summed E-state index contributed by atoms with van der Waals surface area (Å²) >= 11 is 5.33. The lowest BCUT2D eigenvalue weighted by Gasteiger charge is -2.29. The third-order valence-electron chi connectivity index (χ3n) is 5.50. The number of carbonyl (C=O) groups excluding carboxylic acids is 2. The van der Waals surface area contributed by atoms with E-state index in [0.717, 1.165) is 39.7 Å². The zero-order chi connectivity index (χ0) is 22.8. The van der Waals surface area contributed by atoms with E-state index < -0.39 is 46.3 Å². The van der Waals surface area contributed by atoms with Crippen LogP contribution >= 0.6 is 39.0 Å². The Hall–Kier alpha value is -2.37. The first kappa shape index (κ1) is 21.5. The highest BCUT2D eigenvalue weighted by molar-refractivity contribution is 9.10. The van der Waals surface area contributed by atoms with E-state index >= 15 is 0 Å². The molecular formula is C21H12BrF3N2O3S2. The van der Waals surface area contributed by atoms with Crippen LogP contribution < -0.4 is 9.77 Å². The van der Waals surface area contributed by atoms with Gasteiger partial charge in [0.15, 0.2) is 0 Å². The van der Waals surface area contributed by atoms with Gasteiger partial charge in [0.1, 0.15) is 5.25 Å². The lowest BCUT2D eigenvalue weighted by molar-refractivity contribution is -0.137. The molecule has 0 bridgehead atoms. The summed E-state index contributed by atoms with van der Waals surface area (Å²) in [5.74, 6) is -2.99.